The fraction of sp³-hybridized carbons (Fsp3) is 0.421. The largest absolute Gasteiger partial charge is 0.473 e. The summed E-state index contributed by atoms with van der Waals surface area (Å²) in [6.45, 7) is 4.60. The number of ether oxygens (including phenoxy) is 1. The lowest BCUT2D eigenvalue weighted by Gasteiger charge is -2.19. The highest BCUT2D eigenvalue weighted by atomic mass is 32.1. The Labute approximate surface area is 166 Å². The smallest absolute Gasteiger partial charge is 0.230 e. The average Bonchev–Trinajstić information content (AvgIpc) is 3.27. The van der Waals surface area contributed by atoms with Gasteiger partial charge < -0.3 is 14.6 Å². The molecule has 1 amide bonds. The number of amides is 1. The van der Waals surface area contributed by atoms with Crippen molar-refractivity contribution in [1.82, 2.24) is 19.4 Å². The zero-order chi connectivity index (χ0) is 19.8. The molecule has 0 aliphatic carbocycles. The molecule has 7 nitrogen and oxygen atoms in total. The van der Waals surface area contributed by atoms with Gasteiger partial charge in [0.05, 0.1) is 4.88 Å². The Hall–Kier alpha value is -2.52. The first-order valence-corrected chi connectivity index (χ1v) is 9.96. The molecule has 3 aromatic rings. The van der Waals surface area contributed by atoms with Gasteiger partial charge in [-0.15, -0.1) is 0 Å². The van der Waals surface area contributed by atoms with Crippen molar-refractivity contribution in [3.63, 3.8) is 0 Å². The monoisotopic (exact) mass is 403 g/mol. The molecule has 1 N–H and O–H groups in total. The molecule has 4 heterocycles. The van der Waals surface area contributed by atoms with Crippen LogP contribution >= 0.6 is 11.3 Å². The van der Waals surface area contributed by atoms with E-state index in [2.05, 4.69) is 27.1 Å². The van der Waals surface area contributed by atoms with Gasteiger partial charge in [0, 0.05) is 57.2 Å². The quantitative estimate of drug-likeness (QED) is 0.708. The van der Waals surface area contributed by atoms with E-state index in [1.807, 2.05) is 36.0 Å². The zero-order valence-corrected chi connectivity index (χ0v) is 16.8. The molecule has 0 radical (unpaired) electrons. The van der Waals surface area contributed by atoms with Crippen LogP contribution in [0.5, 0.6) is 5.88 Å². The van der Waals surface area contributed by atoms with Crippen molar-refractivity contribution in [3.05, 3.63) is 35.2 Å². The van der Waals surface area contributed by atoms with Gasteiger partial charge in [-0.3, -0.25) is 9.69 Å². The molecule has 4 rings (SSSR count). The number of aromatic nitrogens is 3. The van der Waals surface area contributed by atoms with Crippen LogP contribution in [-0.4, -0.2) is 44.0 Å². The number of anilines is 1. The first-order chi connectivity index (χ1) is 13.4. The zero-order valence-electron chi connectivity index (χ0n) is 16.0. The second-order valence-electron chi connectivity index (χ2n) is 7.16. The topological polar surface area (TPSA) is 72.3 Å². The minimum absolute atomic E-state index is 0.00832. The number of thiazole rings is 1. The minimum Gasteiger partial charge on any atom is -0.473 e. The molecule has 1 aliphatic rings. The van der Waals surface area contributed by atoms with Crippen molar-refractivity contribution in [2.24, 2.45) is 7.05 Å². The predicted octanol–water partition coefficient (Wildman–Crippen LogP) is 3.17. The van der Waals surface area contributed by atoms with E-state index in [0.29, 0.717) is 29.0 Å². The number of fused-ring (bicyclic) bond motifs is 1. The van der Waals surface area contributed by atoms with Gasteiger partial charge in [0.2, 0.25) is 17.7 Å². The normalized spacial score (nSPS) is 20.0. The van der Waals surface area contributed by atoms with E-state index in [4.69, 9.17) is 4.74 Å². The van der Waals surface area contributed by atoms with Gasteiger partial charge in [-0.2, -0.15) is 14.4 Å². The Morgan fingerprint density at radius 2 is 2.21 bits per heavy atom. The van der Waals surface area contributed by atoms with Gasteiger partial charge in [-0.05, 0) is 19.1 Å². The van der Waals surface area contributed by atoms with E-state index in [0.717, 1.165) is 17.5 Å². The van der Waals surface area contributed by atoms with Crippen molar-refractivity contribution in [2.75, 3.05) is 11.9 Å². The van der Waals surface area contributed by atoms with E-state index in [9.17, 15) is 9.18 Å². The number of aryl methyl sites for hydroxylation is 1. The van der Waals surface area contributed by atoms with Crippen LogP contribution in [0.15, 0.2) is 24.4 Å². The fourth-order valence-electron chi connectivity index (χ4n) is 3.52. The summed E-state index contributed by atoms with van der Waals surface area (Å²) in [5.74, 6) is -0.183. The van der Waals surface area contributed by atoms with Gasteiger partial charge in [0.15, 0.2) is 5.13 Å². The molecule has 1 aliphatic heterocycles. The number of nitrogens with zero attached hydrogens (tertiary/aromatic N) is 4. The maximum Gasteiger partial charge on any atom is 0.230 e. The van der Waals surface area contributed by atoms with Gasteiger partial charge in [0.25, 0.3) is 0 Å². The van der Waals surface area contributed by atoms with Crippen LogP contribution in [0.3, 0.4) is 0 Å². The highest BCUT2D eigenvalue weighted by Gasteiger charge is 2.32. The highest BCUT2D eigenvalue weighted by Crippen LogP contribution is 2.29. The van der Waals surface area contributed by atoms with Crippen LogP contribution in [0.2, 0.25) is 0 Å². The number of carbonyl (C=O) groups excluding carboxylic acids is 1. The van der Waals surface area contributed by atoms with E-state index in [1.54, 1.807) is 0 Å². The second-order valence-corrected chi connectivity index (χ2v) is 8.24. The summed E-state index contributed by atoms with van der Waals surface area (Å²) in [5.41, 5.74) is 0.887. The van der Waals surface area contributed by atoms with Crippen LogP contribution < -0.4 is 10.1 Å². The molecule has 0 spiro atoms. The lowest BCUT2D eigenvalue weighted by atomic mass is 10.2. The molecule has 2 atom stereocenters. The Morgan fingerprint density at radius 3 is 3.00 bits per heavy atom. The first kappa shape index (κ1) is 18.8. The Bertz CT molecular complexity index is 1020. The average molecular weight is 403 g/mol. The molecule has 1 saturated heterocycles. The number of hydrogen-bond acceptors (Lipinski definition) is 6. The molecule has 0 bridgehead atoms. The predicted molar refractivity (Wildman–Crippen MR) is 106 cm³/mol. The third kappa shape index (κ3) is 3.85. The number of pyridine rings is 1. The summed E-state index contributed by atoms with van der Waals surface area (Å²) in [4.78, 5) is 22.2. The van der Waals surface area contributed by atoms with Gasteiger partial charge >= 0.3 is 0 Å². The van der Waals surface area contributed by atoms with Gasteiger partial charge in [0.1, 0.15) is 11.8 Å². The number of rotatable bonds is 5. The highest BCUT2D eigenvalue weighted by molar-refractivity contribution is 7.15. The van der Waals surface area contributed by atoms with Gasteiger partial charge in [-0.1, -0.05) is 11.3 Å². The SMILES string of the molecule is CC(=O)Nc1nc(F)c(CN2C[C@H](Oc3ccc4ccn(C)c4n3)C[C@@H]2C)s1. The van der Waals surface area contributed by atoms with Crippen LogP contribution in [0.1, 0.15) is 25.1 Å². The molecule has 0 unspecified atom stereocenters. The molecule has 0 saturated carbocycles. The molecule has 1 fully saturated rings. The molecule has 0 aromatic carbocycles. The van der Waals surface area contributed by atoms with E-state index < -0.39 is 5.95 Å². The van der Waals surface area contributed by atoms with Gasteiger partial charge in [-0.25, -0.2) is 0 Å². The number of nitrogens with one attached hydrogen (secondary N) is 1. The maximum absolute atomic E-state index is 14.1. The first-order valence-electron chi connectivity index (χ1n) is 9.14. The van der Waals surface area contributed by atoms with Crippen LogP contribution in [0, 0.1) is 5.95 Å². The summed E-state index contributed by atoms with van der Waals surface area (Å²) >= 11 is 1.17. The Kier molecular flexibility index (Phi) is 5.03. The Morgan fingerprint density at radius 1 is 1.39 bits per heavy atom. The van der Waals surface area contributed by atoms with E-state index in [-0.39, 0.29) is 18.1 Å². The molecule has 9 heteroatoms. The molecule has 3 aromatic heterocycles. The molecule has 148 valence electrons. The van der Waals surface area contributed by atoms with Crippen molar-refractivity contribution in [2.45, 2.75) is 39.0 Å². The summed E-state index contributed by atoms with van der Waals surface area (Å²) in [5, 5.41) is 3.90. The maximum atomic E-state index is 14.1. The third-order valence-corrected chi connectivity index (χ3v) is 5.85. The van der Waals surface area contributed by atoms with Crippen molar-refractivity contribution in [3.8, 4) is 5.88 Å². The number of hydrogen-bond donors (Lipinski definition) is 1. The van der Waals surface area contributed by atoms with Crippen LogP contribution in [0.4, 0.5) is 9.52 Å². The standard InChI is InChI=1S/C19H22FN5O2S/c1-11-8-14(27-16-5-4-13-6-7-24(3)18(13)22-16)9-25(11)10-15-17(20)23-19(28-15)21-12(2)26/h4-7,11,14H,8-10H2,1-3H3,(H,21,23,26)/t11-,14+/m0/s1. The minimum atomic E-state index is -0.527. The summed E-state index contributed by atoms with van der Waals surface area (Å²) in [6.07, 6.45) is 2.80. The van der Waals surface area contributed by atoms with Crippen molar-refractivity contribution >= 4 is 33.4 Å². The van der Waals surface area contributed by atoms with Crippen LogP contribution in [-0.2, 0) is 18.4 Å². The van der Waals surface area contributed by atoms with E-state index >= 15 is 0 Å². The summed E-state index contributed by atoms with van der Waals surface area (Å²) < 4.78 is 22.2. The van der Waals surface area contributed by atoms with E-state index in [1.165, 1.54) is 18.3 Å². The number of likely N-dealkylation sites (tertiary alicyclic amines) is 1. The summed E-state index contributed by atoms with van der Waals surface area (Å²) in [6, 6.07) is 6.15. The second kappa shape index (κ2) is 7.48. The number of carbonyl (C=O) groups is 1. The lowest BCUT2D eigenvalue weighted by Crippen LogP contribution is -2.28. The van der Waals surface area contributed by atoms with Crippen molar-refractivity contribution < 1.29 is 13.9 Å². The molecule has 28 heavy (non-hydrogen) atoms. The summed E-state index contributed by atoms with van der Waals surface area (Å²) in [7, 11) is 1.96. The fourth-order valence-corrected chi connectivity index (χ4v) is 4.44. The number of halogens is 1. The van der Waals surface area contributed by atoms with Crippen molar-refractivity contribution in [1.29, 1.82) is 0 Å². The molecular weight excluding hydrogens is 381 g/mol. The third-order valence-electron chi connectivity index (χ3n) is 4.92. The molecular formula is C19H22FN5O2S. The Balaban J connectivity index is 1.42. The van der Waals surface area contributed by atoms with Crippen LogP contribution in [0.25, 0.3) is 11.0 Å². The lowest BCUT2D eigenvalue weighted by molar-refractivity contribution is -0.114.